The molecule has 2 nitrogen and oxygen atoms in total. The number of hydrogen-bond donors (Lipinski definition) is 1. The summed E-state index contributed by atoms with van der Waals surface area (Å²) in [6.45, 7) is 0. The summed E-state index contributed by atoms with van der Waals surface area (Å²) in [6.07, 6.45) is 3.75. The summed E-state index contributed by atoms with van der Waals surface area (Å²) in [5.41, 5.74) is -0.530. The van der Waals surface area contributed by atoms with E-state index in [9.17, 15) is 18.7 Å². The van der Waals surface area contributed by atoms with Gasteiger partial charge in [0.2, 0.25) is 0 Å². The Morgan fingerprint density at radius 3 is 2.68 bits per heavy atom. The van der Waals surface area contributed by atoms with Crippen LogP contribution in [0.2, 0.25) is 0 Å². The van der Waals surface area contributed by atoms with Crippen molar-refractivity contribution in [3.05, 3.63) is 35.4 Å². The first-order chi connectivity index (χ1) is 9.01. The van der Waals surface area contributed by atoms with E-state index in [0.717, 1.165) is 25.3 Å². The topological polar surface area (TPSA) is 37.3 Å². The van der Waals surface area contributed by atoms with Gasteiger partial charge in [0.25, 0.3) is 0 Å². The molecule has 2 aliphatic rings. The molecule has 1 aromatic carbocycles. The molecule has 1 aromatic rings. The van der Waals surface area contributed by atoms with E-state index >= 15 is 0 Å². The second-order valence-electron chi connectivity index (χ2n) is 5.95. The summed E-state index contributed by atoms with van der Waals surface area (Å²) in [5.74, 6) is -1.49. The molecule has 0 spiro atoms. The van der Waals surface area contributed by atoms with E-state index in [1.807, 2.05) is 0 Å². The van der Waals surface area contributed by atoms with Gasteiger partial charge in [0.05, 0.1) is 5.41 Å². The highest BCUT2D eigenvalue weighted by atomic mass is 19.1. The summed E-state index contributed by atoms with van der Waals surface area (Å²) < 4.78 is 26.7. The normalized spacial score (nSPS) is 32.7. The Morgan fingerprint density at radius 1 is 1.37 bits per heavy atom. The van der Waals surface area contributed by atoms with Gasteiger partial charge in [0.15, 0.2) is 0 Å². The minimum atomic E-state index is -0.846. The maximum absolute atomic E-state index is 13.7. The van der Waals surface area contributed by atoms with E-state index in [0.29, 0.717) is 17.9 Å². The van der Waals surface area contributed by atoms with Gasteiger partial charge < -0.3 is 5.11 Å². The minimum absolute atomic E-state index is 0.138. The zero-order chi connectivity index (χ0) is 13.6. The molecule has 4 heteroatoms. The number of benzene rings is 1. The Balaban J connectivity index is 1.93. The molecule has 0 amide bonds. The third-order valence-electron chi connectivity index (χ3n) is 4.92. The molecule has 3 rings (SSSR count). The van der Waals surface area contributed by atoms with E-state index in [-0.39, 0.29) is 12.3 Å². The van der Waals surface area contributed by atoms with Crippen LogP contribution in [0.1, 0.15) is 31.2 Å². The van der Waals surface area contributed by atoms with Gasteiger partial charge in [-0.2, -0.15) is 0 Å². The van der Waals surface area contributed by atoms with Crippen LogP contribution in [0.5, 0.6) is 0 Å². The van der Waals surface area contributed by atoms with Gasteiger partial charge in [-0.3, -0.25) is 4.79 Å². The SMILES string of the molecule is O=C(O)C1(Cc2ccc(F)cc2F)CC2CCC1C2. The van der Waals surface area contributed by atoms with E-state index < -0.39 is 23.0 Å². The highest BCUT2D eigenvalue weighted by molar-refractivity contribution is 5.76. The molecule has 1 N–H and O–H groups in total. The molecule has 2 fully saturated rings. The van der Waals surface area contributed by atoms with Crippen LogP contribution in [0.15, 0.2) is 18.2 Å². The van der Waals surface area contributed by atoms with Gasteiger partial charge in [-0.15, -0.1) is 0 Å². The van der Waals surface area contributed by atoms with Crippen molar-refractivity contribution in [2.24, 2.45) is 17.3 Å². The fourth-order valence-electron chi connectivity index (χ4n) is 4.00. The Labute approximate surface area is 110 Å². The predicted octanol–water partition coefficient (Wildman–Crippen LogP) is 3.40. The van der Waals surface area contributed by atoms with Crippen molar-refractivity contribution in [1.82, 2.24) is 0 Å². The summed E-state index contributed by atoms with van der Waals surface area (Å²) >= 11 is 0. The zero-order valence-corrected chi connectivity index (χ0v) is 10.5. The Bertz CT molecular complexity index is 529. The lowest BCUT2D eigenvalue weighted by molar-refractivity contribution is -0.152. The monoisotopic (exact) mass is 266 g/mol. The highest BCUT2D eigenvalue weighted by Crippen LogP contribution is 2.57. The molecule has 3 unspecified atom stereocenters. The van der Waals surface area contributed by atoms with Crippen LogP contribution < -0.4 is 0 Å². The quantitative estimate of drug-likeness (QED) is 0.910. The van der Waals surface area contributed by atoms with Gasteiger partial charge >= 0.3 is 5.97 Å². The van der Waals surface area contributed by atoms with Crippen LogP contribution in [-0.2, 0) is 11.2 Å². The van der Waals surface area contributed by atoms with Gasteiger partial charge in [0, 0.05) is 6.07 Å². The number of carbonyl (C=O) groups is 1. The third-order valence-corrected chi connectivity index (χ3v) is 4.92. The molecular formula is C15H16F2O2. The fraction of sp³-hybridized carbons (Fsp3) is 0.533. The van der Waals surface area contributed by atoms with Crippen LogP contribution in [0.3, 0.4) is 0 Å². The molecule has 2 aliphatic carbocycles. The van der Waals surface area contributed by atoms with Crippen molar-refractivity contribution in [2.75, 3.05) is 0 Å². The molecule has 0 saturated heterocycles. The number of carboxylic acids is 1. The molecule has 0 aromatic heterocycles. The van der Waals surface area contributed by atoms with Gasteiger partial charge in [0.1, 0.15) is 11.6 Å². The predicted molar refractivity (Wildman–Crippen MR) is 65.6 cm³/mol. The second kappa shape index (κ2) is 4.29. The first-order valence-corrected chi connectivity index (χ1v) is 6.68. The molecule has 2 bridgehead atoms. The van der Waals surface area contributed by atoms with Crippen LogP contribution in [0.4, 0.5) is 8.78 Å². The number of hydrogen-bond acceptors (Lipinski definition) is 1. The maximum atomic E-state index is 13.7. The maximum Gasteiger partial charge on any atom is 0.310 e. The van der Waals surface area contributed by atoms with E-state index in [1.54, 1.807) is 0 Å². The number of carboxylic acid groups (broad SMARTS) is 1. The number of halogens is 2. The lowest BCUT2D eigenvalue weighted by atomic mass is 9.69. The number of fused-ring (bicyclic) bond motifs is 2. The van der Waals surface area contributed by atoms with Gasteiger partial charge in [-0.25, -0.2) is 8.78 Å². The lowest BCUT2D eigenvalue weighted by Crippen LogP contribution is -2.38. The van der Waals surface area contributed by atoms with Crippen LogP contribution in [0.25, 0.3) is 0 Å². The van der Waals surface area contributed by atoms with Gasteiger partial charge in [-0.1, -0.05) is 12.5 Å². The van der Waals surface area contributed by atoms with Crippen LogP contribution >= 0.6 is 0 Å². The summed E-state index contributed by atoms with van der Waals surface area (Å²) in [6, 6.07) is 3.40. The van der Waals surface area contributed by atoms with Crippen molar-refractivity contribution in [3.63, 3.8) is 0 Å². The first-order valence-electron chi connectivity index (χ1n) is 6.68. The van der Waals surface area contributed by atoms with Crippen molar-refractivity contribution >= 4 is 5.97 Å². The van der Waals surface area contributed by atoms with Crippen molar-refractivity contribution < 1.29 is 18.7 Å². The molecule has 0 aliphatic heterocycles. The molecule has 19 heavy (non-hydrogen) atoms. The second-order valence-corrected chi connectivity index (χ2v) is 5.95. The standard InChI is InChI=1S/C15H16F2O2/c16-12-4-2-10(13(17)6-12)8-15(14(18)19)7-9-1-3-11(15)5-9/h2,4,6,9,11H,1,3,5,7-8H2,(H,18,19). The Kier molecular flexibility index (Phi) is 2.84. The minimum Gasteiger partial charge on any atom is -0.481 e. The van der Waals surface area contributed by atoms with Crippen molar-refractivity contribution in [2.45, 2.75) is 32.1 Å². The summed E-state index contributed by atoms with van der Waals surface area (Å²) in [7, 11) is 0. The smallest absolute Gasteiger partial charge is 0.310 e. The zero-order valence-electron chi connectivity index (χ0n) is 10.5. The van der Waals surface area contributed by atoms with E-state index in [2.05, 4.69) is 0 Å². The average Bonchev–Trinajstić information content (AvgIpc) is 2.93. The largest absolute Gasteiger partial charge is 0.481 e. The molecule has 0 radical (unpaired) electrons. The molecule has 2 saturated carbocycles. The fourth-order valence-corrected chi connectivity index (χ4v) is 4.00. The molecular weight excluding hydrogens is 250 g/mol. The lowest BCUT2D eigenvalue weighted by Gasteiger charge is -2.33. The third kappa shape index (κ3) is 1.94. The molecule has 102 valence electrons. The van der Waals surface area contributed by atoms with Gasteiger partial charge in [-0.05, 0) is 49.1 Å². The van der Waals surface area contributed by atoms with Crippen LogP contribution in [-0.4, -0.2) is 11.1 Å². The molecule has 3 atom stereocenters. The van der Waals surface area contributed by atoms with E-state index in [4.69, 9.17) is 0 Å². The first kappa shape index (κ1) is 12.6. The number of rotatable bonds is 3. The average molecular weight is 266 g/mol. The Morgan fingerprint density at radius 2 is 2.16 bits per heavy atom. The van der Waals surface area contributed by atoms with Crippen molar-refractivity contribution in [1.29, 1.82) is 0 Å². The number of aliphatic carboxylic acids is 1. The highest BCUT2D eigenvalue weighted by Gasteiger charge is 2.55. The van der Waals surface area contributed by atoms with Crippen molar-refractivity contribution in [3.8, 4) is 0 Å². The molecule has 0 heterocycles. The Hall–Kier alpha value is -1.45. The summed E-state index contributed by atoms with van der Waals surface area (Å²) in [4.78, 5) is 11.7. The summed E-state index contributed by atoms with van der Waals surface area (Å²) in [5, 5.41) is 9.60. The van der Waals surface area contributed by atoms with Crippen LogP contribution in [0, 0.1) is 28.9 Å². The van der Waals surface area contributed by atoms with E-state index in [1.165, 1.54) is 12.1 Å².